The van der Waals surface area contributed by atoms with Crippen molar-refractivity contribution in [2.45, 2.75) is 0 Å². The van der Waals surface area contributed by atoms with Gasteiger partial charge >= 0.3 is 0 Å². The summed E-state index contributed by atoms with van der Waals surface area (Å²) in [5.41, 5.74) is 1.18. The third-order valence-corrected chi connectivity index (χ3v) is 5.42. The SMILES string of the molecule is CN1CCN(c2ccc(N=Cc3c(O)[nH]c(=O)c4ccc(Br)cc34)nc2)CC1. The first-order chi connectivity index (χ1) is 13.5. The summed E-state index contributed by atoms with van der Waals surface area (Å²) in [6, 6.07) is 9.14. The summed E-state index contributed by atoms with van der Waals surface area (Å²) in [4.78, 5) is 27.9. The predicted molar refractivity (Wildman–Crippen MR) is 115 cm³/mol. The number of nitrogens with one attached hydrogen (secondary N) is 1. The quantitative estimate of drug-likeness (QED) is 0.610. The number of piperazine rings is 1. The molecular formula is C20H20BrN5O2. The number of aromatic hydroxyl groups is 1. The Morgan fingerprint density at radius 3 is 2.68 bits per heavy atom. The molecule has 1 aliphatic rings. The molecule has 0 saturated carbocycles. The zero-order valence-corrected chi connectivity index (χ0v) is 17.0. The Morgan fingerprint density at radius 2 is 1.96 bits per heavy atom. The maximum Gasteiger partial charge on any atom is 0.258 e. The lowest BCUT2D eigenvalue weighted by molar-refractivity contribution is 0.313. The Labute approximate surface area is 170 Å². The molecule has 0 radical (unpaired) electrons. The summed E-state index contributed by atoms with van der Waals surface area (Å²) in [6.45, 7) is 4.03. The first-order valence-electron chi connectivity index (χ1n) is 8.99. The summed E-state index contributed by atoms with van der Waals surface area (Å²) in [5, 5.41) is 11.3. The van der Waals surface area contributed by atoms with E-state index in [9.17, 15) is 9.90 Å². The Hall–Kier alpha value is -2.71. The highest BCUT2D eigenvalue weighted by Gasteiger charge is 2.14. The van der Waals surface area contributed by atoms with Crippen LogP contribution < -0.4 is 10.5 Å². The van der Waals surface area contributed by atoms with E-state index in [0.29, 0.717) is 22.2 Å². The molecule has 144 valence electrons. The summed E-state index contributed by atoms with van der Waals surface area (Å²) >= 11 is 3.40. The van der Waals surface area contributed by atoms with Crippen molar-refractivity contribution < 1.29 is 5.11 Å². The van der Waals surface area contributed by atoms with Crippen molar-refractivity contribution in [3.8, 4) is 5.88 Å². The fourth-order valence-electron chi connectivity index (χ4n) is 3.27. The number of hydrogen-bond donors (Lipinski definition) is 2. The standard InChI is InChI=1S/C20H20BrN5O2/c1-25-6-8-26(9-7-25)14-3-5-18(22-11-14)23-12-17-16-10-13(21)2-4-15(16)19(27)24-20(17)28/h2-5,10-12H,6-9H2,1H3,(H2,24,27,28). The smallest absolute Gasteiger partial charge is 0.258 e. The number of nitrogens with zero attached hydrogens (tertiary/aromatic N) is 4. The predicted octanol–water partition coefficient (Wildman–Crippen LogP) is 2.89. The van der Waals surface area contributed by atoms with Gasteiger partial charge in [-0.25, -0.2) is 9.98 Å². The average Bonchev–Trinajstić information content (AvgIpc) is 2.68. The maximum absolute atomic E-state index is 12.1. The molecule has 0 atom stereocenters. The lowest BCUT2D eigenvalue weighted by atomic mass is 10.1. The summed E-state index contributed by atoms with van der Waals surface area (Å²) < 4.78 is 0.814. The number of benzene rings is 1. The maximum atomic E-state index is 12.1. The first-order valence-corrected chi connectivity index (χ1v) is 9.79. The Bertz CT molecular complexity index is 1090. The van der Waals surface area contributed by atoms with E-state index in [1.165, 1.54) is 6.21 Å². The second-order valence-electron chi connectivity index (χ2n) is 6.83. The molecule has 2 N–H and O–H groups in total. The molecule has 0 bridgehead atoms. The minimum Gasteiger partial charge on any atom is -0.494 e. The molecular weight excluding hydrogens is 422 g/mol. The number of rotatable bonds is 3. The largest absolute Gasteiger partial charge is 0.494 e. The molecule has 7 nitrogen and oxygen atoms in total. The van der Waals surface area contributed by atoms with Crippen LogP contribution in [0.1, 0.15) is 5.56 Å². The molecule has 8 heteroatoms. The van der Waals surface area contributed by atoms with Crippen molar-refractivity contribution in [1.29, 1.82) is 0 Å². The first kappa shape index (κ1) is 18.6. The molecule has 1 saturated heterocycles. The van der Waals surface area contributed by atoms with Crippen LogP contribution in [0.4, 0.5) is 11.5 Å². The van der Waals surface area contributed by atoms with Gasteiger partial charge in [0.1, 0.15) is 0 Å². The molecule has 0 unspecified atom stereocenters. The molecule has 1 fully saturated rings. The molecule has 4 rings (SSSR count). The molecule has 1 aliphatic heterocycles. The van der Waals surface area contributed by atoms with Crippen LogP contribution in [0.3, 0.4) is 0 Å². The van der Waals surface area contributed by atoms with Gasteiger partial charge in [-0.1, -0.05) is 15.9 Å². The van der Waals surface area contributed by atoms with Gasteiger partial charge in [-0.3, -0.25) is 9.78 Å². The number of anilines is 1. The highest BCUT2D eigenvalue weighted by Crippen LogP contribution is 2.25. The molecule has 3 aromatic rings. The number of H-pyrrole nitrogens is 1. The van der Waals surface area contributed by atoms with Crippen LogP contribution in [0, 0.1) is 0 Å². The van der Waals surface area contributed by atoms with E-state index in [1.54, 1.807) is 18.2 Å². The van der Waals surface area contributed by atoms with E-state index in [2.05, 4.69) is 47.7 Å². The molecule has 2 aromatic heterocycles. The third-order valence-electron chi connectivity index (χ3n) is 4.93. The Kier molecular flexibility index (Phi) is 5.15. The minimum atomic E-state index is -0.341. The van der Waals surface area contributed by atoms with Crippen LogP contribution in [0.2, 0.25) is 0 Å². The van der Waals surface area contributed by atoms with E-state index < -0.39 is 0 Å². The zero-order valence-electron chi connectivity index (χ0n) is 15.4. The van der Waals surface area contributed by atoms with E-state index in [-0.39, 0.29) is 11.4 Å². The van der Waals surface area contributed by atoms with Gasteiger partial charge in [0.25, 0.3) is 5.56 Å². The van der Waals surface area contributed by atoms with Crippen LogP contribution in [-0.4, -0.2) is 59.4 Å². The molecule has 0 amide bonds. The monoisotopic (exact) mass is 441 g/mol. The van der Waals surface area contributed by atoms with Gasteiger partial charge in [-0.2, -0.15) is 0 Å². The topological polar surface area (TPSA) is 84.8 Å². The highest BCUT2D eigenvalue weighted by atomic mass is 79.9. The van der Waals surface area contributed by atoms with Gasteiger partial charge < -0.3 is 14.9 Å². The molecule has 0 aliphatic carbocycles. The van der Waals surface area contributed by atoms with Gasteiger partial charge in [0.2, 0.25) is 5.88 Å². The lowest BCUT2D eigenvalue weighted by Gasteiger charge is -2.33. The van der Waals surface area contributed by atoms with Gasteiger partial charge in [-0.15, -0.1) is 0 Å². The van der Waals surface area contributed by atoms with Crippen LogP contribution in [-0.2, 0) is 0 Å². The van der Waals surface area contributed by atoms with Crippen molar-refractivity contribution in [2.24, 2.45) is 4.99 Å². The van der Waals surface area contributed by atoms with Crippen molar-refractivity contribution >= 4 is 44.4 Å². The van der Waals surface area contributed by atoms with Crippen LogP contribution in [0.5, 0.6) is 5.88 Å². The average molecular weight is 442 g/mol. The van der Waals surface area contributed by atoms with Crippen molar-refractivity contribution in [1.82, 2.24) is 14.9 Å². The Balaban J connectivity index is 1.61. The molecule has 1 aromatic carbocycles. The number of aromatic nitrogens is 2. The Morgan fingerprint density at radius 1 is 1.18 bits per heavy atom. The van der Waals surface area contributed by atoms with E-state index >= 15 is 0 Å². The summed E-state index contributed by atoms with van der Waals surface area (Å²) in [6.07, 6.45) is 3.34. The number of hydrogen-bond acceptors (Lipinski definition) is 6. The minimum absolute atomic E-state index is 0.214. The summed E-state index contributed by atoms with van der Waals surface area (Å²) in [5.74, 6) is 0.319. The normalized spacial score (nSPS) is 15.6. The van der Waals surface area contributed by atoms with Crippen molar-refractivity contribution in [3.05, 3.63) is 56.9 Å². The van der Waals surface area contributed by atoms with E-state index in [1.807, 2.05) is 18.3 Å². The molecule has 3 heterocycles. The fourth-order valence-corrected chi connectivity index (χ4v) is 3.64. The molecule has 28 heavy (non-hydrogen) atoms. The highest BCUT2D eigenvalue weighted by molar-refractivity contribution is 9.10. The second-order valence-corrected chi connectivity index (χ2v) is 7.75. The number of fused-ring (bicyclic) bond motifs is 1. The summed E-state index contributed by atoms with van der Waals surface area (Å²) in [7, 11) is 2.13. The number of likely N-dealkylation sites (N-methyl/N-ethyl adjacent to an activating group) is 1. The van der Waals surface area contributed by atoms with E-state index in [4.69, 9.17) is 0 Å². The number of aliphatic imine (C=N–C) groups is 1. The molecule has 0 spiro atoms. The number of pyridine rings is 2. The van der Waals surface area contributed by atoms with Crippen molar-refractivity contribution in [2.75, 3.05) is 38.1 Å². The lowest BCUT2D eigenvalue weighted by Crippen LogP contribution is -2.44. The van der Waals surface area contributed by atoms with Gasteiger partial charge in [0.15, 0.2) is 5.82 Å². The zero-order chi connectivity index (χ0) is 19.7. The van der Waals surface area contributed by atoms with Crippen LogP contribution in [0.25, 0.3) is 10.8 Å². The van der Waals surface area contributed by atoms with Gasteiger partial charge in [0.05, 0.1) is 17.4 Å². The van der Waals surface area contributed by atoms with Gasteiger partial charge in [0, 0.05) is 47.6 Å². The van der Waals surface area contributed by atoms with Crippen LogP contribution >= 0.6 is 15.9 Å². The van der Waals surface area contributed by atoms with E-state index in [0.717, 1.165) is 36.3 Å². The number of aromatic amines is 1. The number of halogens is 1. The third kappa shape index (κ3) is 3.79. The second kappa shape index (κ2) is 7.73. The van der Waals surface area contributed by atoms with Crippen molar-refractivity contribution in [3.63, 3.8) is 0 Å². The van der Waals surface area contributed by atoms with Gasteiger partial charge in [-0.05, 0) is 37.4 Å². The fraction of sp³-hybridized carbons (Fsp3) is 0.250. The van der Waals surface area contributed by atoms with Crippen LogP contribution in [0.15, 0.2) is 50.8 Å².